The standard InChI is InChI=1S/C24H18F6N2O3/c25-23(26,27)17-10-8-15(9-11-17)14-4-6-16(7-5-14)21(34)32-20(13-33)22(35)31-19-3-1-2-18(12-19)24(28,29)30/h1-12,20,33H,13H2,(H,31,35)(H,32,34)/t20-/m0/s1. The van der Waals surface area contributed by atoms with Crippen molar-refractivity contribution >= 4 is 17.5 Å². The first-order chi connectivity index (χ1) is 16.4. The van der Waals surface area contributed by atoms with Crippen LogP contribution in [-0.4, -0.2) is 29.6 Å². The van der Waals surface area contributed by atoms with Gasteiger partial charge in [-0.25, -0.2) is 0 Å². The number of carbonyl (C=O) groups is 2. The van der Waals surface area contributed by atoms with Crippen LogP contribution in [0, 0.1) is 0 Å². The quantitative estimate of drug-likeness (QED) is 0.415. The third-order valence-electron chi connectivity index (χ3n) is 4.95. The highest BCUT2D eigenvalue weighted by Gasteiger charge is 2.31. The molecule has 3 aromatic rings. The molecule has 3 N–H and O–H groups in total. The summed E-state index contributed by atoms with van der Waals surface area (Å²) in [4.78, 5) is 24.8. The monoisotopic (exact) mass is 496 g/mol. The van der Waals surface area contributed by atoms with Crippen molar-refractivity contribution in [3.05, 3.63) is 89.5 Å². The van der Waals surface area contributed by atoms with E-state index in [0.717, 1.165) is 24.3 Å². The van der Waals surface area contributed by atoms with Crippen LogP contribution in [0.25, 0.3) is 11.1 Å². The second-order valence-electron chi connectivity index (χ2n) is 7.43. The van der Waals surface area contributed by atoms with Crippen molar-refractivity contribution in [3.8, 4) is 11.1 Å². The van der Waals surface area contributed by atoms with E-state index in [0.29, 0.717) is 17.2 Å². The smallest absolute Gasteiger partial charge is 0.394 e. The van der Waals surface area contributed by atoms with Crippen LogP contribution in [0.2, 0.25) is 0 Å². The van der Waals surface area contributed by atoms with Gasteiger partial charge in [0.25, 0.3) is 5.91 Å². The molecule has 2 amide bonds. The molecule has 0 saturated heterocycles. The normalized spacial score (nSPS) is 12.7. The van der Waals surface area contributed by atoms with Crippen molar-refractivity contribution in [3.63, 3.8) is 0 Å². The topological polar surface area (TPSA) is 78.4 Å². The fourth-order valence-corrected chi connectivity index (χ4v) is 3.10. The second-order valence-corrected chi connectivity index (χ2v) is 7.43. The van der Waals surface area contributed by atoms with Gasteiger partial charge in [0.1, 0.15) is 6.04 Å². The number of hydrogen-bond acceptors (Lipinski definition) is 3. The maximum Gasteiger partial charge on any atom is 0.416 e. The predicted molar refractivity (Wildman–Crippen MR) is 115 cm³/mol. The Kier molecular flexibility index (Phi) is 7.49. The lowest BCUT2D eigenvalue weighted by Gasteiger charge is -2.17. The SMILES string of the molecule is O=C(N[C@@H](CO)C(=O)Nc1cccc(C(F)(F)F)c1)c1ccc(-c2ccc(C(F)(F)F)cc2)cc1. The number of nitrogens with one attached hydrogen (secondary N) is 2. The van der Waals surface area contributed by atoms with Crippen LogP contribution in [0.15, 0.2) is 72.8 Å². The van der Waals surface area contributed by atoms with Gasteiger partial charge in [0.05, 0.1) is 17.7 Å². The molecule has 3 rings (SSSR count). The van der Waals surface area contributed by atoms with Gasteiger partial charge >= 0.3 is 12.4 Å². The summed E-state index contributed by atoms with van der Waals surface area (Å²) in [7, 11) is 0. The van der Waals surface area contributed by atoms with Crippen LogP contribution >= 0.6 is 0 Å². The summed E-state index contributed by atoms with van der Waals surface area (Å²) < 4.78 is 76.6. The summed E-state index contributed by atoms with van der Waals surface area (Å²) in [5.74, 6) is -1.68. The van der Waals surface area contributed by atoms with E-state index in [9.17, 15) is 41.0 Å². The van der Waals surface area contributed by atoms with Gasteiger partial charge in [-0.3, -0.25) is 9.59 Å². The number of amides is 2. The van der Waals surface area contributed by atoms with E-state index in [2.05, 4.69) is 10.6 Å². The molecule has 1 atom stereocenters. The first kappa shape index (κ1) is 25.8. The highest BCUT2D eigenvalue weighted by Crippen LogP contribution is 2.32. The summed E-state index contributed by atoms with van der Waals surface area (Å²) in [5.41, 5.74) is -0.831. The number of aliphatic hydroxyl groups is 1. The summed E-state index contributed by atoms with van der Waals surface area (Å²) >= 11 is 0. The Morgan fingerprint density at radius 3 is 1.83 bits per heavy atom. The average Bonchev–Trinajstić information content (AvgIpc) is 2.81. The molecular formula is C24H18F6N2O3. The Labute approximate surface area is 195 Å². The molecule has 0 heterocycles. The van der Waals surface area contributed by atoms with Crippen LogP contribution in [-0.2, 0) is 17.1 Å². The fraction of sp³-hybridized carbons (Fsp3) is 0.167. The van der Waals surface area contributed by atoms with Crippen molar-refractivity contribution in [1.29, 1.82) is 0 Å². The van der Waals surface area contributed by atoms with Crippen molar-refractivity contribution in [2.75, 3.05) is 11.9 Å². The predicted octanol–water partition coefficient (Wildman–Crippen LogP) is 5.12. The molecule has 0 aromatic heterocycles. The summed E-state index contributed by atoms with van der Waals surface area (Å²) in [6.07, 6.45) is -9.07. The zero-order valence-electron chi connectivity index (χ0n) is 17.7. The van der Waals surface area contributed by atoms with E-state index in [4.69, 9.17) is 0 Å². The van der Waals surface area contributed by atoms with Gasteiger partial charge in [-0.1, -0.05) is 30.3 Å². The van der Waals surface area contributed by atoms with Crippen molar-refractivity contribution in [1.82, 2.24) is 5.32 Å². The van der Waals surface area contributed by atoms with Gasteiger partial charge in [-0.2, -0.15) is 26.3 Å². The van der Waals surface area contributed by atoms with Crippen LogP contribution in [0.4, 0.5) is 32.0 Å². The average molecular weight is 496 g/mol. The molecule has 5 nitrogen and oxygen atoms in total. The third-order valence-corrected chi connectivity index (χ3v) is 4.95. The second kappa shape index (κ2) is 10.2. The van der Waals surface area contributed by atoms with E-state index in [1.54, 1.807) is 0 Å². The summed E-state index contributed by atoms with van der Waals surface area (Å²) in [6.45, 7) is -0.819. The highest BCUT2D eigenvalue weighted by molar-refractivity contribution is 6.01. The minimum Gasteiger partial charge on any atom is -0.394 e. The minimum atomic E-state index is -4.61. The summed E-state index contributed by atoms with van der Waals surface area (Å²) in [6, 6.07) is 12.6. The molecule has 0 aliphatic carbocycles. The molecule has 0 aliphatic rings. The Balaban J connectivity index is 1.66. The zero-order valence-corrected chi connectivity index (χ0v) is 17.7. The lowest BCUT2D eigenvalue weighted by atomic mass is 10.0. The van der Waals surface area contributed by atoms with Gasteiger partial charge in [0.2, 0.25) is 5.91 Å². The van der Waals surface area contributed by atoms with Crippen LogP contribution in [0.3, 0.4) is 0 Å². The van der Waals surface area contributed by atoms with Gasteiger partial charge in [-0.15, -0.1) is 0 Å². The molecule has 0 aliphatic heterocycles. The molecule has 11 heteroatoms. The van der Waals surface area contributed by atoms with Gasteiger partial charge in [-0.05, 0) is 53.6 Å². The molecule has 0 spiro atoms. The number of anilines is 1. The lowest BCUT2D eigenvalue weighted by Crippen LogP contribution is -2.46. The number of hydrogen-bond donors (Lipinski definition) is 3. The van der Waals surface area contributed by atoms with Gasteiger partial charge < -0.3 is 15.7 Å². The fourth-order valence-electron chi connectivity index (χ4n) is 3.10. The Bertz CT molecular complexity index is 1190. The minimum absolute atomic E-state index is 0.0889. The zero-order chi connectivity index (χ0) is 25.8. The van der Waals surface area contributed by atoms with Crippen LogP contribution in [0.1, 0.15) is 21.5 Å². The molecule has 3 aromatic carbocycles. The van der Waals surface area contributed by atoms with Gasteiger partial charge in [0.15, 0.2) is 0 Å². The first-order valence-electron chi connectivity index (χ1n) is 10.1. The number of rotatable bonds is 6. The highest BCUT2D eigenvalue weighted by atomic mass is 19.4. The Morgan fingerprint density at radius 1 is 0.771 bits per heavy atom. The van der Waals surface area contributed by atoms with Crippen LogP contribution in [0.5, 0.6) is 0 Å². The Morgan fingerprint density at radius 2 is 1.31 bits per heavy atom. The molecular weight excluding hydrogens is 478 g/mol. The molecule has 0 radical (unpaired) electrons. The number of halogens is 6. The van der Waals surface area contributed by atoms with E-state index < -0.39 is 47.9 Å². The maximum absolute atomic E-state index is 12.8. The molecule has 0 saturated carbocycles. The van der Waals surface area contributed by atoms with Gasteiger partial charge in [0, 0.05) is 11.3 Å². The molecule has 35 heavy (non-hydrogen) atoms. The number of aliphatic hydroxyl groups excluding tert-OH is 1. The van der Waals surface area contributed by atoms with Crippen molar-refractivity contribution < 1.29 is 41.0 Å². The molecule has 0 bridgehead atoms. The first-order valence-corrected chi connectivity index (χ1v) is 10.1. The van der Waals surface area contributed by atoms with E-state index in [1.165, 1.54) is 42.5 Å². The molecule has 0 fully saturated rings. The number of carbonyl (C=O) groups excluding carboxylic acids is 2. The van der Waals surface area contributed by atoms with Crippen molar-refractivity contribution in [2.24, 2.45) is 0 Å². The number of benzene rings is 3. The Hall–Kier alpha value is -3.86. The van der Waals surface area contributed by atoms with E-state index >= 15 is 0 Å². The largest absolute Gasteiger partial charge is 0.416 e. The molecule has 0 unspecified atom stereocenters. The van der Waals surface area contributed by atoms with Crippen LogP contribution < -0.4 is 10.6 Å². The van der Waals surface area contributed by atoms with E-state index in [1.807, 2.05) is 0 Å². The lowest BCUT2D eigenvalue weighted by molar-refractivity contribution is -0.138. The maximum atomic E-state index is 12.8. The van der Waals surface area contributed by atoms with Crippen molar-refractivity contribution in [2.45, 2.75) is 18.4 Å². The summed E-state index contributed by atoms with van der Waals surface area (Å²) in [5, 5.41) is 14.0. The van der Waals surface area contributed by atoms with E-state index in [-0.39, 0.29) is 11.3 Å². The third kappa shape index (κ3) is 6.60. The number of alkyl halides is 6. The molecule has 184 valence electrons.